The van der Waals surface area contributed by atoms with Crippen molar-refractivity contribution in [3.63, 3.8) is 0 Å². The molecule has 0 saturated heterocycles. The lowest BCUT2D eigenvalue weighted by Gasteiger charge is -2.16. The van der Waals surface area contributed by atoms with E-state index in [0.717, 1.165) is 13.0 Å². The van der Waals surface area contributed by atoms with Crippen molar-refractivity contribution in [2.24, 2.45) is 0 Å². The minimum atomic E-state index is -4.54. The van der Waals surface area contributed by atoms with Crippen LogP contribution in [0.3, 0.4) is 0 Å². The molecule has 1 aromatic rings. The van der Waals surface area contributed by atoms with Gasteiger partial charge in [0.15, 0.2) is 6.10 Å². The van der Waals surface area contributed by atoms with Crippen molar-refractivity contribution in [2.45, 2.75) is 25.8 Å². The quantitative estimate of drug-likeness (QED) is 0.852. The van der Waals surface area contributed by atoms with Crippen molar-refractivity contribution in [2.75, 3.05) is 0 Å². The summed E-state index contributed by atoms with van der Waals surface area (Å²) in [6, 6.07) is 3.43. The van der Waals surface area contributed by atoms with E-state index in [1.807, 2.05) is 0 Å². The van der Waals surface area contributed by atoms with Crippen molar-refractivity contribution in [3.8, 4) is 0 Å². The number of hydrogen-bond donors (Lipinski definition) is 1. The zero-order valence-electron chi connectivity index (χ0n) is 9.29. The average molecular weight is 266 g/mol. The number of benzene rings is 1. The number of carbonyl (C=O) groups is 1. The summed E-state index contributed by atoms with van der Waals surface area (Å²) in [6.07, 6.45) is -6.59. The Morgan fingerprint density at radius 3 is 2.56 bits per heavy atom. The normalized spacial score (nSPS) is 13.4. The average Bonchev–Trinajstić information content (AvgIpc) is 2.25. The van der Waals surface area contributed by atoms with Crippen LogP contribution in [-0.2, 0) is 11.3 Å². The van der Waals surface area contributed by atoms with E-state index in [4.69, 9.17) is 5.11 Å². The highest BCUT2D eigenvalue weighted by Gasteiger charge is 2.37. The van der Waals surface area contributed by atoms with E-state index in [0.29, 0.717) is 0 Å². The number of alkyl halides is 3. The molecule has 1 unspecified atom stereocenters. The molecular weight excluding hydrogens is 256 g/mol. The third-order valence-corrected chi connectivity index (χ3v) is 2.26. The summed E-state index contributed by atoms with van der Waals surface area (Å²) in [7, 11) is 0. The van der Waals surface area contributed by atoms with Crippen LogP contribution in [0.5, 0.6) is 0 Å². The predicted octanol–water partition coefficient (Wildman–Crippen LogP) is 2.99. The molecule has 7 heteroatoms. The number of carboxylic acids is 1. The van der Waals surface area contributed by atoms with Crippen LogP contribution in [0.1, 0.15) is 22.8 Å². The Morgan fingerprint density at radius 1 is 1.44 bits per heavy atom. The molecule has 0 aliphatic heterocycles. The van der Waals surface area contributed by atoms with Crippen LogP contribution < -0.4 is 0 Å². The van der Waals surface area contributed by atoms with Crippen LogP contribution in [0.2, 0.25) is 0 Å². The largest absolute Gasteiger partial charge is 0.478 e. The summed E-state index contributed by atoms with van der Waals surface area (Å²) >= 11 is 0. The Bertz CT molecular complexity index is 442. The van der Waals surface area contributed by atoms with Crippen LogP contribution in [-0.4, -0.2) is 23.4 Å². The van der Waals surface area contributed by atoms with Crippen LogP contribution in [0.4, 0.5) is 17.6 Å². The molecule has 0 aliphatic carbocycles. The third-order valence-electron chi connectivity index (χ3n) is 2.26. The molecule has 18 heavy (non-hydrogen) atoms. The number of ether oxygens (including phenoxy) is 1. The molecule has 0 fully saturated rings. The maximum atomic E-state index is 13.5. The van der Waals surface area contributed by atoms with E-state index < -0.39 is 36.2 Å². The molecular formula is C11H10F4O3. The van der Waals surface area contributed by atoms with Gasteiger partial charge in [-0.2, -0.15) is 13.2 Å². The second kappa shape index (κ2) is 5.34. The van der Waals surface area contributed by atoms with E-state index in [-0.39, 0.29) is 5.56 Å². The van der Waals surface area contributed by atoms with Gasteiger partial charge in [0.2, 0.25) is 0 Å². The molecule has 1 atom stereocenters. The summed E-state index contributed by atoms with van der Waals surface area (Å²) in [5, 5.41) is 8.64. The standard InChI is InChI=1S/C11H10F4O3/c1-6(11(13,14)15)18-5-7-3-2-4-8(9(7)12)10(16)17/h2-4,6H,5H2,1H3,(H,16,17). The van der Waals surface area contributed by atoms with Crippen molar-refractivity contribution < 1.29 is 32.2 Å². The van der Waals surface area contributed by atoms with Gasteiger partial charge in [-0.3, -0.25) is 0 Å². The minimum Gasteiger partial charge on any atom is -0.478 e. The zero-order valence-corrected chi connectivity index (χ0v) is 9.29. The second-order valence-corrected chi connectivity index (χ2v) is 3.58. The summed E-state index contributed by atoms with van der Waals surface area (Å²) < 4.78 is 54.4. The third kappa shape index (κ3) is 3.43. The highest BCUT2D eigenvalue weighted by molar-refractivity contribution is 5.88. The summed E-state index contributed by atoms with van der Waals surface area (Å²) in [5.74, 6) is -2.57. The molecule has 0 bridgehead atoms. The first-order valence-corrected chi connectivity index (χ1v) is 4.92. The van der Waals surface area contributed by atoms with E-state index in [2.05, 4.69) is 4.74 Å². The van der Waals surface area contributed by atoms with E-state index in [9.17, 15) is 22.4 Å². The Hall–Kier alpha value is -1.63. The summed E-state index contributed by atoms with van der Waals surface area (Å²) in [6.45, 7) is 0.145. The van der Waals surface area contributed by atoms with Crippen LogP contribution in [0.15, 0.2) is 18.2 Å². The number of hydrogen-bond acceptors (Lipinski definition) is 2. The van der Waals surface area contributed by atoms with Crippen LogP contribution in [0, 0.1) is 5.82 Å². The first kappa shape index (κ1) is 14.4. The smallest absolute Gasteiger partial charge is 0.414 e. The number of carboxylic acid groups (broad SMARTS) is 1. The van der Waals surface area contributed by atoms with Crippen molar-refractivity contribution >= 4 is 5.97 Å². The molecule has 0 spiro atoms. The Balaban J connectivity index is 2.81. The van der Waals surface area contributed by atoms with E-state index in [1.165, 1.54) is 12.1 Å². The molecule has 3 nitrogen and oxygen atoms in total. The van der Waals surface area contributed by atoms with Crippen LogP contribution in [0.25, 0.3) is 0 Å². The molecule has 0 aromatic heterocycles. The molecule has 0 amide bonds. The van der Waals surface area contributed by atoms with Gasteiger partial charge < -0.3 is 9.84 Å². The number of rotatable bonds is 4. The van der Waals surface area contributed by atoms with Crippen molar-refractivity contribution in [3.05, 3.63) is 35.1 Å². The maximum Gasteiger partial charge on any atom is 0.414 e. The lowest BCUT2D eigenvalue weighted by molar-refractivity contribution is -0.217. The molecule has 1 N–H and O–H groups in total. The van der Waals surface area contributed by atoms with E-state index >= 15 is 0 Å². The fourth-order valence-corrected chi connectivity index (χ4v) is 1.17. The van der Waals surface area contributed by atoms with E-state index in [1.54, 1.807) is 0 Å². The molecule has 1 aromatic carbocycles. The highest BCUT2D eigenvalue weighted by atomic mass is 19.4. The Morgan fingerprint density at radius 2 is 2.06 bits per heavy atom. The fourth-order valence-electron chi connectivity index (χ4n) is 1.17. The first-order valence-electron chi connectivity index (χ1n) is 4.92. The number of halogens is 4. The van der Waals surface area contributed by atoms with Gasteiger partial charge in [0.05, 0.1) is 12.2 Å². The molecule has 0 heterocycles. The molecule has 1 rings (SSSR count). The van der Waals surface area contributed by atoms with Gasteiger partial charge in [0.1, 0.15) is 5.82 Å². The molecule has 0 saturated carbocycles. The maximum absolute atomic E-state index is 13.5. The minimum absolute atomic E-state index is 0.231. The van der Waals surface area contributed by atoms with Gasteiger partial charge in [-0.1, -0.05) is 12.1 Å². The van der Waals surface area contributed by atoms with Gasteiger partial charge in [-0.05, 0) is 13.0 Å². The van der Waals surface area contributed by atoms with Crippen molar-refractivity contribution in [1.29, 1.82) is 0 Å². The van der Waals surface area contributed by atoms with Gasteiger partial charge in [-0.25, -0.2) is 9.18 Å². The van der Waals surface area contributed by atoms with Crippen molar-refractivity contribution in [1.82, 2.24) is 0 Å². The van der Waals surface area contributed by atoms with Gasteiger partial charge in [0, 0.05) is 5.56 Å². The highest BCUT2D eigenvalue weighted by Crippen LogP contribution is 2.24. The molecule has 100 valence electrons. The SMILES string of the molecule is CC(OCc1cccc(C(=O)O)c1F)C(F)(F)F. The van der Waals surface area contributed by atoms with Gasteiger partial charge in [-0.15, -0.1) is 0 Å². The zero-order chi connectivity index (χ0) is 13.9. The molecule has 0 radical (unpaired) electrons. The Labute approximate surface area is 100.0 Å². The summed E-state index contributed by atoms with van der Waals surface area (Å²) in [5.41, 5.74) is -0.832. The van der Waals surface area contributed by atoms with Gasteiger partial charge in [0.25, 0.3) is 0 Å². The second-order valence-electron chi connectivity index (χ2n) is 3.58. The number of aromatic carboxylic acids is 1. The predicted molar refractivity (Wildman–Crippen MR) is 53.7 cm³/mol. The first-order chi connectivity index (χ1) is 8.23. The summed E-state index contributed by atoms with van der Waals surface area (Å²) in [4.78, 5) is 10.6. The molecule has 0 aliphatic rings. The Kier molecular flexibility index (Phi) is 4.28. The topological polar surface area (TPSA) is 46.5 Å². The lowest BCUT2D eigenvalue weighted by Crippen LogP contribution is -2.28. The monoisotopic (exact) mass is 266 g/mol. The fraction of sp³-hybridized carbons (Fsp3) is 0.364. The lowest BCUT2D eigenvalue weighted by atomic mass is 10.1. The van der Waals surface area contributed by atoms with Crippen LogP contribution >= 0.6 is 0 Å². The van der Waals surface area contributed by atoms with Gasteiger partial charge >= 0.3 is 12.1 Å².